The highest BCUT2D eigenvalue weighted by Crippen LogP contribution is 2.25. The van der Waals surface area contributed by atoms with Crippen LogP contribution in [-0.2, 0) is 11.2 Å². The van der Waals surface area contributed by atoms with Gasteiger partial charge in [-0.15, -0.1) is 0 Å². The molecule has 5 heteroatoms. The smallest absolute Gasteiger partial charge is 0.163 e. The third kappa shape index (κ3) is 4.49. The van der Waals surface area contributed by atoms with Gasteiger partial charge >= 0.3 is 0 Å². The minimum absolute atomic E-state index is 0.257. The van der Waals surface area contributed by atoms with Crippen molar-refractivity contribution in [3.8, 4) is 11.4 Å². The van der Waals surface area contributed by atoms with Crippen molar-refractivity contribution in [1.82, 2.24) is 9.97 Å². The first-order chi connectivity index (χ1) is 13.8. The van der Waals surface area contributed by atoms with Gasteiger partial charge in [-0.3, -0.25) is 0 Å². The van der Waals surface area contributed by atoms with Gasteiger partial charge in [0.15, 0.2) is 5.82 Å². The number of para-hydroxylation sites is 1. The number of hydrogen-bond acceptors (Lipinski definition) is 5. The van der Waals surface area contributed by atoms with Crippen LogP contribution in [0.25, 0.3) is 11.4 Å². The Kier molecular flexibility index (Phi) is 5.83. The molecular formula is C23H26N4O. The molecule has 3 aromatic rings. The number of hydrogen-bond donors (Lipinski definition) is 2. The molecule has 1 fully saturated rings. The lowest BCUT2D eigenvalue weighted by Crippen LogP contribution is -2.19. The fraction of sp³-hybridized carbons (Fsp3) is 0.304. The summed E-state index contributed by atoms with van der Waals surface area (Å²) >= 11 is 0. The SMILES string of the molecule is CCc1ccccc1Nc1cc(NCC2CCCO2)nc(-c2ccccc2)n1. The van der Waals surface area contributed by atoms with Gasteiger partial charge in [-0.2, -0.15) is 0 Å². The summed E-state index contributed by atoms with van der Waals surface area (Å²) in [6, 6.07) is 20.4. The lowest BCUT2D eigenvalue weighted by Gasteiger charge is -2.15. The van der Waals surface area contributed by atoms with E-state index in [9.17, 15) is 0 Å². The van der Waals surface area contributed by atoms with E-state index in [1.807, 2.05) is 42.5 Å². The third-order valence-corrected chi connectivity index (χ3v) is 4.95. The van der Waals surface area contributed by atoms with Gasteiger partial charge in [0, 0.05) is 30.5 Å². The maximum atomic E-state index is 5.72. The Labute approximate surface area is 166 Å². The fourth-order valence-electron chi connectivity index (χ4n) is 3.43. The Morgan fingerprint density at radius 2 is 1.79 bits per heavy atom. The molecule has 0 amide bonds. The molecule has 1 saturated heterocycles. The molecular weight excluding hydrogens is 348 g/mol. The van der Waals surface area contributed by atoms with E-state index in [1.165, 1.54) is 5.56 Å². The van der Waals surface area contributed by atoms with Crippen molar-refractivity contribution in [3.63, 3.8) is 0 Å². The van der Waals surface area contributed by atoms with Gasteiger partial charge < -0.3 is 15.4 Å². The summed E-state index contributed by atoms with van der Waals surface area (Å²) in [5.41, 5.74) is 3.33. The lowest BCUT2D eigenvalue weighted by atomic mass is 10.1. The van der Waals surface area contributed by atoms with E-state index in [0.717, 1.165) is 55.3 Å². The van der Waals surface area contributed by atoms with E-state index in [2.05, 4.69) is 35.8 Å². The molecule has 0 aliphatic carbocycles. The lowest BCUT2D eigenvalue weighted by molar-refractivity contribution is 0.120. The first kappa shape index (κ1) is 18.4. The van der Waals surface area contributed by atoms with Crippen LogP contribution in [0, 0.1) is 0 Å². The highest BCUT2D eigenvalue weighted by atomic mass is 16.5. The number of aryl methyl sites for hydroxylation is 1. The average molecular weight is 374 g/mol. The zero-order valence-corrected chi connectivity index (χ0v) is 16.2. The molecule has 5 nitrogen and oxygen atoms in total. The van der Waals surface area contributed by atoms with E-state index in [-0.39, 0.29) is 6.10 Å². The normalized spacial score (nSPS) is 16.1. The Morgan fingerprint density at radius 1 is 1.00 bits per heavy atom. The van der Waals surface area contributed by atoms with E-state index in [4.69, 9.17) is 14.7 Å². The van der Waals surface area contributed by atoms with Gasteiger partial charge in [0.25, 0.3) is 0 Å². The van der Waals surface area contributed by atoms with Gasteiger partial charge in [-0.25, -0.2) is 9.97 Å². The first-order valence-electron chi connectivity index (χ1n) is 9.96. The quantitative estimate of drug-likeness (QED) is 0.607. The van der Waals surface area contributed by atoms with Crippen LogP contribution in [0.5, 0.6) is 0 Å². The predicted octanol–water partition coefficient (Wildman–Crippen LogP) is 5.04. The maximum absolute atomic E-state index is 5.72. The minimum Gasteiger partial charge on any atom is -0.376 e. The second-order valence-corrected chi connectivity index (χ2v) is 6.98. The molecule has 0 radical (unpaired) electrons. The van der Waals surface area contributed by atoms with Crippen LogP contribution in [0.3, 0.4) is 0 Å². The molecule has 0 spiro atoms. The summed E-state index contributed by atoms with van der Waals surface area (Å²) < 4.78 is 5.72. The summed E-state index contributed by atoms with van der Waals surface area (Å²) in [4.78, 5) is 9.49. The van der Waals surface area contributed by atoms with E-state index in [0.29, 0.717) is 5.82 Å². The van der Waals surface area contributed by atoms with Crippen LogP contribution in [0.2, 0.25) is 0 Å². The number of benzene rings is 2. The van der Waals surface area contributed by atoms with E-state index >= 15 is 0 Å². The monoisotopic (exact) mass is 374 g/mol. The Bertz CT molecular complexity index is 907. The molecule has 2 heterocycles. The summed E-state index contributed by atoms with van der Waals surface area (Å²) in [5, 5.41) is 6.92. The summed E-state index contributed by atoms with van der Waals surface area (Å²) in [6.45, 7) is 3.77. The highest BCUT2D eigenvalue weighted by molar-refractivity contribution is 5.66. The summed E-state index contributed by atoms with van der Waals surface area (Å²) in [6.07, 6.45) is 3.45. The molecule has 4 rings (SSSR count). The average Bonchev–Trinajstić information content (AvgIpc) is 3.27. The molecule has 1 aliphatic rings. The van der Waals surface area contributed by atoms with E-state index < -0.39 is 0 Å². The number of ether oxygens (including phenoxy) is 1. The minimum atomic E-state index is 0.257. The van der Waals surface area contributed by atoms with Crippen molar-refractivity contribution in [3.05, 3.63) is 66.2 Å². The molecule has 1 atom stereocenters. The van der Waals surface area contributed by atoms with E-state index in [1.54, 1.807) is 0 Å². The van der Waals surface area contributed by atoms with Gasteiger partial charge in [0.05, 0.1) is 6.10 Å². The molecule has 2 N–H and O–H groups in total. The molecule has 0 saturated carbocycles. The van der Waals surface area contributed by atoms with Gasteiger partial charge in [-0.05, 0) is 30.9 Å². The van der Waals surface area contributed by atoms with Crippen LogP contribution in [-0.4, -0.2) is 29.2 Å². The van der Waals surface area contributed by atoms with Crippen LogP contribution in [0.15, 0.2) is 60.7 Å². The number of nitrogens with one attached hydrogen (secondary N) is 2. The van der Waals surface area contributed by atoms with Crippen molar-refractivity contribution < 1.29 is 4.74 Å². The standard InChI is InChI=1S/C23H26N4O/c1-2-17-9-6-7-13-20(17)25-22-15-21(24-16-19-12-8-14-28-19)26-23(27-22)18-10-4-3-5-11-18/h3-7,9-11,13,15,19H,2,8,12,14,16H2,1H3,(H2,24,25,26,27). The molecule has 28 heavy (non-hydrogen) atoms. The van der Waals surface area contributed by atoms with Crippen molar-refractivity contribution in [1.29, 1.82) is 0 Å². The Hall–Kier alpha value is -2.92. The van der Waals surface area contributed by atoms with Crippen molar-refractivity contribution in [2.75, 3.05) is 23.8 Å². The van der Waals surface area contributed by atoms with Crippen molar-refractivity contribution in [2.45, 2.75) is 32.3 Å². The van der Waals surface area contributed by atoms with Crippen LogP contribution >= 0.6 is 0 Å². The van der Waals surface area contributed by atoms with Crippen molar-refractivity contribution >= 4 is 17.3 Å². The van der Waals surface area contributed by atoms with Gasteiger partial charge in [0.2, 0.25) is 0 Å². The molecule has 1 unspecified atom stereocenters. The van der Waals surface area contributed by atoms with Crippen LogP contribution in [0.4, 0.5) is 17.3 Å². The topological polar surface area (TPSA) is 59.1 Å². The second-order valence-electron chi connectivity index (χ2n) is 6.98. The summed E-state index contributed by atoms with van der Waals surface area (Å²) in [5.74, 6) is 2.29. The van der Waals surface area contributed by atoms with Gasteiger partial charge in [-0.1, -0.05) is 55.5 Å². The maximum Gasteiger partial charge on any atom is 0.163 e. The number of nitrogens with zero attached hydrogens (tertiary/aromatic N) is 2. The largest absolute Gasteiger partial charge is 0.376 e. The molecule has 1 aliphatic heterocycles. The summed E-state index contributed by atoms with van der Waals surface area (Å²) in [7, 11) is 0. The number of anilines is 3. The van der Waals surface area contributed by atoms with Crippen molar-refractivity contribution in [2.24, 2.45) is 0 Å². The zero-order valence-electron chi connectivity index (χ0n) is 16.2. The Morgan fingerprint density at radius 3 is 2.57 bits per heavy atom. The molecule has 2 aromatic carbocycles. The first-order valence-corrected chi connectivity index (χ1v) is 9.96. The molecule has 144 valence electrons. The number of aromatic nitrogens is 2. The van der Waals surface area contributed by atoms with Gasteiger partial charge in [0.1, 0.15) is 11.6 Å². The molecule has 0 bridgehead atoms. The third-order valence-electron chi connectivity index (χ3n) is 4.95. The molecule has 1 aromatic heterocycles. The predicted molar refractivity (Wildman–Crippen MR) is 114 cm³/mol. The Balaban J connectivity index is 1.63. The zero-order chi connectivity index (χ0) is 19.2. The van der Waals surface area contributed by atoms with Crippen LogP contribution < -0.4 is 10.6 Å². The second kappa shape index (κ2) is 8.85. The highest BCUT2D eigenvalue weighted by Gasteiger charge is 2.16. The van der Waals surface area contributed by atoms with Crippen LogP contribution in [0.1, 0.15) is 25.3 Å². The fourth-order valence-corrected chi connectivity index (χ4v) is 3.43. The number of rotatable bonds is 7.